The number of likely N-dealkylation sites (tertiary alicyclic amines) is 2. The normalized spacial score (nSPS) is 24.2. The third kappa shape index (κ3) is 5.25. The molecule has 0 aromatic carbocycles. The Hall–Kier alpha value is -2.73. The number of amides is 4. The van der Waals surface area contributed by atoms with Gasteiger partial charge in [0, 0.05) is 13.1 Å². The molecule has 0 radical (unpaired) electrons. The number of nitrogens with two attached hydrogens (primary N) is 2. The summed E-state index contributed by atoms with van der Waals surface area (Å²) in [5.74, 6) is -3.84. The Labute approximate surface area is 173 Å². The van der Waals surface area contributed by atoms with Crippen LogP contribution in [-0.2, 0) is 24.0 Å². The van der Waals surface area contributed by atoms with Crippen molar-refractivity contribution in [1.29, 1.82) is 0 Å². The smallest absolute Gasteiger partial charge is 0.326 e. The van der Waals surface area contributed by atoms with Gasteiger partial charge in [0.2, 0.25) is 23.6 Å². The van der Waals surface area contributed by atoms with Crippen LogP contribution in [0.3, 0.4) is 0 Å². The van der Waals surface area contributed by atoms with Gasteiger partial charge in [-0.05, 0) is 32.6 Å². The summed E-state index contributed by atoms with van der Waals surface area (Å²) in [6.07, 6.45) is 0.0734. The van der Waals surface area contributed by atoms with Crippen molar-refractivity contribution in [2.45, 2.75) is 69.3 Å². The first-order chi connectivity index (χ1) is 14.0. The molecule has 0 spiro atoms. The van der Waals surface area contributed by atoms with E-state index in [1.807, 2.05) is 0 Å². The van der Waals surface area contributed by atoms with Gasteiger partial charge in [-0.25, -0.2) is 4.79 Å². The van der Waals surface area contributed by atoms with Crippen molar-refractivity contribution in [3.05, 3.63) is 0 Å². The van der Waals surface area contributed by atoms with Crippen molar-refractivity contribution in [3.63, 3.8) is 0 Å². The van der Waals surface area contributed by atoms with E-state index in [0.717, 1.165) is 0 Å². The van der Waals surface area contributed by atoms with Crippen LogP contribution in [0.15, 0.2) is 0 Å². The maximum absolute atomic E-state index is 13.0. The van der Waals surface area contributed by atoms with Crippen molar-refractivity contribution in [1.82, 2.24) is 15.1 Å². The van der Waals surface area contributed by atoms with Crippen molar-refractivity contribution < 1.29 is 34.2 Å². The van der Waals surface area contributed by atoms with E-state index in [1.54, 1.807) is 0 Å². The molecule has 0 bridgehead atoms. The number of carboxylic acid groups (broad SMARTS) is 1. The molecular weight excluding hydrogens is 398 g/mol. The molecule has 2 rings (SSSR count). The zero-order valence-electron chi connectivity index (χ0n) is 16.8. The molecule has 2 aliphatic heterocycles. The Morgan fingerprint density at radius 3 is 2.17 bits per heavy atom. The number of carboxylic acids is 1. The van der Waals surface area contributed by atoms with E-state index < -0.39 is 66.3 Å². The summed E-state index contributed by atoms with van der Waals surface area (Å²) in [6, 6.07) is -4.45. The molecule has 168 valence electrons. The molecule has 30 heavy (non-hydrogen) atoms. The second-order valence-corrected chi connectivity index (χ2v) is 7.72. The lowest BCUT2D eigenvalue weighted by Crippen LogP contribution is -2.59. The van der Waals surface area contributed by atoms with E-state index in [4.69, 9.17) is 11.5 Å². The lowest BCUT2D eigenvalue weighted by molar-refractivity contribution is -0.153. The number of aliphatic carboxylic acids is 1. The van der Waals surface area contributed by atoms with Crippen LogP contribution in [0.5, 0.6) is 0 Å². The third-order valence-corrected chi connectivity index (χ3v) is 5.45. The van der Waals surface area contributed by atoms with Gasteiger partial charge in [0.1, 0.15) is 18.1 Å². The number of primary amides is 1. The summed E-state index contributed by atoms with van der Waals surface area (Å²) < 4.78 is 0. The van der Waals surface area contributed by atoms with E-state index in [1.165, 1.54) is 16.7 Å². The monoisotopic (exact) mass is 427 g/mol. The summed E-state index contributed by atoms with van der Waals surface area (Å²) in [7, 11) is 0. The largest absolute Gasteiger partial charge is 0.480 e. The maximum Gasteiger partial charge on any atom is 0.326 e. The fraction of sp³-hybridized carbons (Fsp3) is 0.722. The average molecular weight is 427 g/mol. The Morgan fingerprint density at radius 2 is 1.63 bits per heavy atom. The van der Waals surface area contributed by atoms with Crippen LogP contribution in [-0.4, -0.2) is 93.0 Å². The number of hydrogen-bond donors (Lipinski definition) is 5. The predicted molar refractivity (Wildman–Crippen MR) is 103 cm³/mol. The highest BCUT2D eigenvalue weighted by Gasteiger charge is 2.44. The summed E-state index contributed by atoms with van der Waals surface area (Å²) in [6.45, 7) is 1.83. The maximum atomic E-state index is 13.0. The lowest BCUT2D eigenvalue weighted by Gasteiger charge is -2.33. The number of carbonyl (C=O) groups is 5. The molecule has 5 unspecified atom stereocenters. The van der Waals surface area contributed by atoms with Gasteiger partial charge in [0.25, 0.3) is 0 Å². The van der Waals surface area contributed by atoms with Crippen molar-refractivity contribution >= 4 is 29.6 Å². The molecule has 12 heteroatoms. The summed E-state index contributed by atoms with van der Waals surface area (Å²) in [5.41, 5.74) is 10.6. The van der Waals surface area contributed by atoms with Crippen LogP contribution >= 0.6 is 0 Å². The zero-order valence-corrected chi connectivity index (χ0v) is 16.8. The van der Waals surface area contributed by atoms with E-state index in [2.05, 4.69) is 5.32 Å². The van der Waals surface area contributed by atoms with Gasteiger partial charge in [0.15, 0.2) is 0 Å². The van der Waals surface area contributed by atoms with Crippen molar-refractivity contribution in [2.75, 3.05) is 13.1 Å². The zero-order chi connectivity index (χ0) is 22.6. The van der Waals surface area contributed by atoms with Crippen LogP contribution in [0.1, 0.15) is 39.0 Å². The summed E-state index contributed by atoms with van der Waals surface area (Å²) in [4.78, 5) is 63.1. The molecule has 2 saturated heterocycles. The second-order valence-electron chi connectivity index (χ2n) is 7.72. The van der Waals surface area contributed by atoms with Crippen molar-refractivity contribution in [2.24, 2.45) is 11.5 Å². The molecular formula is C18H29N5O7. The topological polar surface area (TPSA) is 196 Å². The van der Waals surface area contributed by atoms with Crippen LogP contribution in [0, 0.1) is 0 Å². The Balaban J connectivity index is 2.13. The van der Waals surface area contributed by atoms with Gasteiger partial charge in [-0.1, -0.05) is 0 Å². The highest BCUT2D eigenvalue weighted by atomic mass is 16.4. The average Bonchev–Trinajstić information content (AvgIpc) is 3.33. The minimum atomic E-state index is -1.38. The summed E-state index contributed by atoms with van der Waals surface area (Å²) >= 11 is 0. The van der Waals surface area contributed by atoms with Gasteiger partial charge in [0.05, 0.1) is 18.6 Å². The molecule has 2 fully saturated rings. The molecule has 0 saturated carbocycles. The standard InChI is InChI=1S/C18H29N5O7/c1-9(24)14(21-15(26)10(19)8-13(20)25)17(28)22-6-2-4-11(22)16(27)23-7-3-5-12(23)18(29)30/h9-12,14,24H,2-8,19H2,1H3,(H2,20,25)(H,21,26)(H,29,30). The van der Waals surface area contributed by atoms with E-state index in [-0.39, 0.29) is 6.54 Å². The van der Waals surface area contributed by atoms with E-state index >= 15 is 0 Å². The van der Waals surface area contributed by atoms with Crippen LogP contribution in [0.2, 0.25) is 0 Å². The molecule has 7 N–H and O–H groups in total. The molecule has 4 amide bonds. The number of hydrogen-bond acceptors (Lipinski definition) is 7. The first-order valence-corrected chi connectivity index (χ1v) is 9.90. The third-order valence-electron chi connectivity index (χ3n) is 5.45. The highest BCUT2D eigenvalue weighted by molar-refractivity contribution is 5.95. The minimum absolute atomic E-state index is 0.229. The van der Waals surface area contributed by atoms with Gasteiger partial charge in [-0.3, -0.25) is 19.2 Å². The van der Waals surface area contributed by atoms with Crippen LogP contribution < -0.4 is 16.8 Å². The van der Waals surface area contributed by atoms with E-state index in [9.17, 15) is 34.2 Å². The number of nitrogens with one attached hydrogen (secondary N) is 1. The first kappa shape index (κ1) is 23.5. The fourth-order valence-electron chi connectivity index (χ4n) is 3.90. The first-order valence-electron chi connectivity index (χ1n) is 9.90. The van der Waals surface area contributed by atoms with Gasteiger partial charge < -0.3 is 36.8 Å². The number of aliphatic hydroxyl groups is 1. The van der Waals surface area contributed by atoms with E-state index in [0.29, 0.717) is 32.2 Å². The molecule has 5 atom stereocenters. The Bertz CT molecular complexity index is 713. The summed E-state index contributed by atoms with van der Waals surface area (Å²) in [5, 5.41) is 21.7. The Kier molecular flexibility index (Phi) is 7.73. The number of aliphatic hydroxyl groups excluding tert-OH is 1. The highest BCUT2D eigenvalue weighted by Crippen LogP contribution is 2.25. The van der Waals surface area contributed by atoms with Crippen molar-refractivity contribution in [3.8, 4) is 0 Å². The predicted octanol–water partition coefficient (Wildman–Crippen LogP) is -2.88. The molecule has 2 aliphatic rings. The van der Waals surface area contributed by atoms with Gasteiger partial charge in [-0.15, -0.1) is 0 Å². The fourth-order valence-corrected chi connectivity index (χ4v) is 3.90. The molecule has 12 nitrogen and oxygen atoms in total. The van der Waals surface area contributed by atoms with Gasteiger partial charge in [-0.2, -0.15) is 0 Å². The molecule has 0 aromatic rings. The Morgan fingerprint density at radius 1 is 1.07 bits per heavy atom. The number of carbonyl (C=O) groups excluding carboxylic acids is 4. The lowest BCUT2D eigenvalue weighted by atomic mass is 10.1. The second kappa shape index (κ2) is 9.85. The van der Waals surface area contributed by atoms with Crippen LogP contribution in [0.4, 0.5) is 0 Å². The quantitative estimate of drug-likeness (QED) is 0.272. The molecule has 2 heterocycles. The number of rotatable bonds is 8. The molecule has 0 aromatic heterocycles. The SMILES string of the molecule is CC(O)C(NC(=O)C(N)CC(N)=O)C(=O)N1CCCC1C(=O)N1CCCC1C(=O)O. The minimum Gasteiger partial charge on any atom is -0.480 e. The number of nitrogens with zero attached hydrogens (tertiary/aromatic N) is 2. The molecule has 0 aliphatic carbocycles. The van der Waals surface area contributed by atoms with Gasteiger partial charge >= 0.3 is 5.97 Å². The van der Waals surface area contributed by atoms with Crippen LogP contribution in [0.25, 0.3) is 0 Å².